The van der Waals surface area contributed by atoms with E-state index in [-0.39, 0.29) is 12.5 Å². The number of rotatable bonds is 6. The minimum atomic E-state index is -0.858. The number of hydrogen-bond acceptors (Lipinski definition) is 4. The van der Waals surface area contributed by atoms with E-state index in [1.54, 1.807) is 0 Å². The van der Waals surface area contributed by atoms with E-state index in [2.05, 4.69) is 11.4 Å². The monoisotopic (exact) mass is 268 g/mol. The maximum absolute atomic E-state index is 12.2. The Morgan fingerprint density at radius 1 is 1.42 bits per heavy atom. The number of aliphatic hydroxyl groups is 1. The average Bonchev–Trinajstić information content (AvgIpc) is 2.65. The Kier molecular flexibility index (Phi) is 6.82. The van der Waals surface area contributed by atoms with Crippen molar-refractivity contribution >= 4 is 5.91 Å². The lowest BCUT2D eigenvalue weighted by molar-refractivity contribution is -0.128. The van der Waals surface area contributed by atoms with Gasteiger partial charge in [-0.2, -0.15) is 5.26 Å². The Hall–Kier alpha value is -1.12. The van der Waals surface area contributed by atoms with E-state index in [0.29, 0.717) is 25.8 Å². The molecule has 1 aliphatic carbocycles. The normalized spacial score (nSPS) is 20.1. The van der Waals surface area contributed by atoms with Crippen LogP contribution < -0.4 is 5.32 Å². The molecule has 1 amide bonds. The largest absolute Gasteiger partial charge is 0.391 e. The fraction of sp³-hybridized carbons (Fsp3) is 0.857. The van der Waals surface area contributed by atoms with Crippen molar-refractivity contribution in [3.05, 3.63) is 0 Å². The van der Waals surface area contributed by atoms with Crippen LogP contribution in [-0.4, -0.2) is 37.4 Å². The van der Waals surface area contributed by atoms with Gasteiger partial charge >= 0.3 is 0 Å². The van der Waals surface area contributed by atoms with Crippen molar-refractivity contribution in [2.75, 3.05) is 20.3 Å². The number of ether oxygens (including phenoxy) is 1. The van der Waals surface area contributed by atoms with E-state index in [9.17, 15) is 15.2 Å². The van der Waals surface area contributed by atoms with Crippen molar-refractivity contribution in [3.63, 3.8) is 0 Å². The van der Waals surface area contributed by atoms with Gasteiger partial charge in [-0.05, 0) is 19.3 Å². The molecule has 0 aliphatic heterocycles. The number of hydrogen-bond donors (Lipinski definition) is 2. The molecule has 0 aromatic rings. The summed E-state index contributed by atoms with van der Waals surface area (Å²) >= 11 is 0. The first-order chi connectivity index (χ1) is 9.14. The van der Waals surface area contributed by atoms with Crippen LogP contribution in [0.2, 0.25) is 0 Å². The van der Waals surface area contributed by atoms with E-state index in [1.807, 2.05) is 0 Å². The maximum Gasteiger partial charge on any atom is 0.240 e. The first kappa shape index (κ1) is 15.9. The van der Waals surface area contributed by atoms with Gasteiger partial charge in [-0.15, -0.1) is 0 Å². The molecule has 0 saturated heterocycles. The van der Waals surface area contributed by atoms with E-state index >= 15 is 0 Å². The quantitative estimate of drug-likeness (QED) is 0.713. The highest BCUT2D eigenvalue weighted by Gasteiger charge is 2.38. The molecular formula is C14H24N2O3. The fourth-order valence-electron chi connectivity index (χ4n) is 2.52. The smallest absolute Gasteiger partial charge is 0.240 e. The summed E-state index contributed by atoms with van der Waals surface area (Å²) in [6.07, 6.45) is 5.25. The van der Waals surface area contributed by atoms with Crippen molar-refractivity contribution in [1.82, 2.24) is 5.32 Å². The zero-order chi connectivity index (χ0) is 14.1. The second kappa shape index (κ2) is 8.13. The van der Waals surface area contributed by atoms with Gasteiger partial charge in [0, 0.05) is 13.7 Å². The molecule has 0 bridgehead atoms. The Morgan fingerprint density at radius 2 is 2.05 bits per heavy atom. The average molecular weight is 268 g/mol. The molecule has 0 radical (unpaired) electrons. The molecule has 2 N–H and O–H groups in total. The third-order valence-corrected chi connectivity index (χ3v) is 3.73. The van der Waals surface area contributed by atoms with Crippen LogP contribution in [0.1, 0.15) is 44.9 Å². The minimum absolute atomic E-state index is 0.179. The molecular weight excluding hydrogens is 244 g/mol. The molecule has 5 nitrogen and oxygen atoms in total. The number of aliphatic hydroxyl groups excluding tert-OH is 1. The van der Waals surface area contributed by atoms with Crippen LogP contribution in [-0.2, 0) is 9.53 Å². The molecule has 0 aromatic heterocycles. The molecule has 19 heavy (non-hydrogen) atoms. The molecule has 1 fully saturated rings. The van der Waals surface area contributed by atoms with Crippen LogP contribution in [0.3, 0.4) is 0 Å². The van der Waals surface area contributed by atoms with Gasteiger partial charge < -0.3 is 15.2 Å². The van der Waals surface area contributed by atoms with Crippen LogP contribution >= 0.6 is 0 Å². The number of amides is 1. The van der Waals surface area contributed by atoms with Crippen LogP contribution in [0.4, 0.5) is 0 Å². The van der Waals surface area contributed by atoms with E-state index in [4.69, 9.17) is 4.74 Å². The molecule has 0 aromatic carbocycles. The van der Waals surface area contributed by atoms with Gasteiger partial charge in [-0.25, -0.2) is 0 Å². The van der Waals surface area contributed by atoms with Crippen molar-refractivity contribution in [1.29, 1.82) is 5.26 Å². The molecule has 0 heterocycles. The Labute approximate surface area is 114 Å². The van der Waals surface area contributed by atoms with Crippen LogP contribution in [0.25, 0.3) is 0 Å². The van der Waals surface area contributed by atoms with Gasteiger partial charge in [-0.1, -0.05) is 25.7 Å². The van der Waals surface area contributed by atoms with Gasteiger partial charge in [0.25, 0.3) is 0 Å². The molecule has 1 saturated carbocycles. The lowest BCUT2D eigenvalue weighted by Crippen LogP contribution is -2.41. The van der Waals surface area contributed by atoms with Gasteiger partial charge in [0.1, 0.15) is 5.41 Å². The first-order valence-electron chi connectivity index (χ1n) is 7.01. The number of carbonyl (C=O) groups is 1. The summed E-state index contributed by atoms with van der Waals surface area (Å²) in [5.74, 6) is -0.179. The zero-order valence-electron chi connectivity index (χ0n) is 11.7. The predicted molar refractivity (Wildman–Crippen MR) is 71.3 cm³/mol. The number of nitrogens with zero attached hydrogens (tertiary/aromatic N) is 1. The third-order valence-electron chi connectivity index (χ3n) is 3.73. The lowest BCUT2D eigenvalue weighted by atomic mass is 9.81. The molecule has 1 atom stereocenters. The van der Waals surface area contributed by atoms with E-state index in [0.717, 1.165) is 25.7 Å². The number of nitriles is 1. The van der Waals surface area contributed by atoms with Gasteiger partial charge in [0.15, 0.2) is 0 Å². The molecule has 108 valence electrons. The highest BCUT2D eigenvalue weighted by Crippen LogP contribution is 2.34. The third kappa shape index (κ3) is 4.81. The van der Waals surface area contributed by atoms with Crippen molar-refractivity contribution in [2.45, 2.75) is 51.0 Å². The lowest BCUT2D eigenvalue weighted by Gasteiger charge is -2.23. The predicted octanol–water partition coefficient (Wildman–Crippen LogP) is 1.36. The summed E-state index contributed by atoms with van der Waals surface area (Å²) in [6.45, 7) is 0.645. The molecule has 1 unspecified atom stereocenters. The van der Waals surface area contributed by atoms with Gasteiger partial charge in [-0.3, -0.25) is 4.79 Å². The summed E-state index contributed by atoms with van der Waals surface area (Å²) in [4.78, 5) is 12.2. The molecule has 0 spiro atoms. The number of methoxy groups -OCH3 is 1. The topological polar surface area (TPSA) is 82.3 Å². The molecule has 1 rings (SSSR count). The summed E-state index contributed by atoms with van der Waals surface area (Å²) in [7, 11) is 1.53. The Morgan fingerprint density at radius 3 is 2.58 bits per heavy atom. The minimum Gasteiger partial charge on any atom is -0.391 e. The highest BCUT2D eigenvalue weighted by molar-refractivity contribution is 5.85. The van der Waals surface area contributed by atoms with Crippen LogP contribution in [0.5, 0.6) is 0 Å². The second-order valence-electron chi connectivity index (χ2n) is 5.26. The summed E-state index contributed by atoms with van der Waals surface area (Å²) in [5, 5.41) is 21.6. The SMILES string of the molecule is COCC(O)CCNC(=O)C1(C#N)CCCCCC1. The van der Waals surface area contributed by atoms with Crippen molar-refractivity contribution in [3.8, 4) is 6.07 Å². The van der Waals surface area contributed by atoms with Crippen LogP contribution in [0, 0.1) is 16.7 Å². The Balaban J connectivity index is 2.43. The van der Waals surface area contributed by atoms with E-state index < -0.39 is 11.5 Å². The summed E-state index contributed by atoms with van der Waals surface area (Å²) < 4.78 is 4.82. The summed E-state index contributed by atoms with van der Waals surface area (Å²) in [5.41, 5.74) is -0.858. The highest BCUT2D eigenvalue weighted by atomic mass is 16.5. The van der Waals surface area contributed by atoms with Crippen LogP contribution in [0.15, 0.2) is 0 Å². The zero-order valence-corrected chi connectivity index (χ0v) is 11.7. The number of nitrogens with one attached hydrogen (secondary N) is 1. The Bertz CT molecular complexity index is 317. The van der Waals surface area contributed by atoms with Crippen molar-refractivity contribution < 1.29 is 14.6 Å². The second-order valence-corrected chi connectivity index (χ2v) is 5.26. The van der Waals surface area contributed by atoms with Gasteiger partial charge in [0.2, 0.25) is 5.91 Å². The fourth-order valence-corrected chi connectivity index (χ4v) is 2.52. The van der Waals surface area contributed by atoms with E-state index in [1.165, 1.54) is 7.11 Å². The molecule has 1 aliphatic rings. The standard InChI is InChI=1S/C14H24N2O3/c1-19-10-12(17)6-9-16-13(18)14(11-15)7-4-2-3-5-8-14/h12,17H,2-10H2,1H3,(H,16,18). The maximum atomic E-state index is 12.2. The first-order valence-corrected chi connectivity index (χ1v) is 7.01. The van der Waals surface area contributed by atoms with Crippen molar-refractivity contribution in [2.24, 2.45) is 5.41 Å². The van der Waals surface area contributed by atoms with Gasteiger partial charge in [0.05, 0.1) is 18.8 Å². The number of carbonyl (C=O) groups excluding carboxylic acids is 1. The summed E-state index contributed by atoms with van der Waals surface area (Å²) in [6, 6.07) is 2.22. The molecule has 5 heteroatoms.